The topological polar surface area (TPSA) is 62.3 Å². The van der Waals surface area contributed by atoms with Crippen LogP contribution in [0.25, 0.3) is 10.2 Å². The number of fused-ring (bicyclic) bond motifs is 1. The largest absolute Gasteiger partial charge is 0.342 e. The van der Waals surface area contributed by atoms with Gasteiger partial charge in [0.15, 0.2) is 0 Å². The van der Waals surface area contributed by atoms with Crippen LogP contribution in [0.5, 0.6) is 0 Å². The minimum atomic E-state index is -0.542. The second-order valence-electron chi connectivity index (χ2n) is 6.32. The smallest absolute Gasteiger partial charge is 0.232 e. The van der Waals surface area contributed by atoms with Gasteiger partial charge in [-0.2, -0.15) is 0 Å². The van der Waals surface area contributed by atoms with Crippen LogP contribution in [0.4, 0.5) is 5.69 Å². The molecule has 1 atom stereocenters. The van der Waals surface area contributed by atoms with Crippen molar-refractivity contribution in [1.82, 2.24) is 9.88 Å². The first kappa shape index (κ1) is 15.9. The van der Waals surface area contributed by atoms with Crippen molar-refractivity contribution < 1.29 is 9.59 Å². The van der Waals surface area contributed by atoms with Crippen LogP contribution in [0.3, 0.4) is 0 Å². The Morgan fingerprint density at radius 1 is 1.43 bits per heavy atom. The molecule has 2 amide bonds. The first-order valence-corrected chi connectivity index (χ1v) is 8.82. The first-order valence-electron chi connectivity index (χ1n) is 7.94. The lowest BCUT2D eigenvalue weighted by Crippen LogP contribution is -2.50. The summed E-state index contributed by atoms with van der Waals surface area (Å²) < 4.78 is 1.10. The van der Waals surface area contributed by atoms with Gasteiger partial charge in [-0.1, -0.05) is 6.92 Å². The minimum absolute atomic E-state index is 0.0271. The number of anilines is 1. The fourth-order valence-corrected chi connectivity index (χ4v) is 3.74. The van der Waals surface area contributed by atoms with Crippen molar-refractivity contribution in [3.63, 3.8) is 0 Å². The van der Waals surface area contributed by atoms with Crippen LogP contribution in [0.1, 0.15) is 33.1 Å². The van der Waals surface area contributed by atoms with Gasteiger partial charge in [0.05, 0.1) is 21.1 Å². The molecule has 3 rings (SSSR count). The SMILES string of the molecule is CCC(=O)N1CCCC(C)(C(=O)Nc2ccc3scnc3c2)C1. The van der Waals surface area contributed by atoms with Crippen molar-refractivity contribution >= 4 is 39.1 Å². The van der Waals surface area contributed by atoms with E-state index in [-0.39, 0.29) is 11.8 Å². The van der Waals surface area contributed by atoms with E-state index in [1.54, 1.807) is 16.8 Å². The maximum Gasteiger partial charge on any atom is 0.232 e. The second-order valence-corrected chi connectivity index (χ2v) is 7.21. The lowest BCUT2D eigenvalue weighted by Gasteiger charge is -2.39. The maximum atomic E-state index is 12.8. The molecular weight excluding hydrogens is 310 g/mol. The van der Waals surface area contributed by atoms with Crippen LogP contribution in [-0.4, -0.2) is 34.8 Å². The molecule has 1 unspecified atom stereocenters. The molecule has 1 aliphatic rings. The zero-order valence-corrected chi connectivity index (χ0v) is 14.3. The lowest BCUT2D eigenvalue weighted by atomic mass is 9.80. The van der Waals surface area contributed by atoms with Gasteiger partial charge in [0.25, 0.3) is 0 Å². The van der Waals surface area contributed by atoms with Crippen molar-refractivity contribution in [1.29, 1.82) is 0 Å². The van der Waals surface area contributed by atoms with Gasteiger partial charge in [-0.3, -0.25) is 9.59 Å². The fraction of sp³-hybridized carbons (Fsp3) is 0.471. The van der Waals surface area contributed by atoms with Crippen LogP contribution in [0.15, 0.2) is 23.7 Å². The molecular formula is C17H21N3O2S. The summed E-state index contributed by atoms with van der Waals surface area (Å²) >= 11 is 1.58. The number of nitrogens with zero attached hydrogens (tertiary/aromatic N) is 2. The Labute approximate surface area is 139 Å². The van der Waals surface area contributed by atoms with Crippen molar-refractivity contribution in [3.05, 3.63) is 23.7 Å². The number of hydrogen-bond donors (Lipinski definition) is 1. The Kier molecular flexibility index (Phi) is 4.35. The van der Waals surface area contributed by atoms with E-state index >= 15 is 0 Å². The fourth-order valence-electron chi connectivity index (χ4n) is 3.08. The highest BCUT2D eigenvalue weighted by atomic mass is 32.1. The maximum absolute atomic E-state index is 12.8. The molecule has 0 spiro atoms. The Hall–Kier alpha value is -1.95. The number of piperidine rings is 1. The quantitative estimate of drug-likeness (QED) is 0.939. The van der Waals surface area contributed by atoms with Gasteiger partial charge in [-0.25, -0.2) is 4.98 Å². The third-order valence-corrected chi connectivity index (χ3v) is 5.30. The average molecular weight is 331 g/mol. The average Bonchev–Trinajstić information content (AvgIpc) is 3.01. The lowest BCUT2D eigenvalue weighted by molar-refractivity contribution is -0.138. The molecule has 1 N–H and O–H groups in total. The zero-order valence-electron chi connectivity index (χ0n) is 13.5. The molecule has 1 saturated heterocycles. The van der Waals surface area contributed by atoms with E-state index in [0.717, 1.165) is 35.3 Å². The van der Waals surface area contributed by atoms with Gasteiger partial charge in [-0.05, 0) is 38.0 Å². The summed E-state index contributed by atoms with van der Waals surface area (Å²) in [6.07, 6.45) is 2.14. The highest BCUT2D eigenvalue weighted by molar-refractivity contribution is 7.16. The Bertz CT molecular complexity index is 742. The second kappa shape index (κ2) is 6.28. The van der Waals surface area contributed by atoms with E-state index in [1.165, 1.54) is 0 Å². The van der Waals surface area contributed by atoms with Gasteiger partial charge in [0.1, 0.15) is 0 Å². The summed E-state index contributed by atoms with van der Waals surface area (Å²) in [5, 5.41) is 3.00. The van der Waals surface area contributed by atoms with Gasteiger partial charge in [0.2, 0.25) is 11.8 Å². The Balaban J connectivity index is 1.74. The molecule has 0 radical (unpaired) electrons. The number of carbonyl (C=O) groups is 2. The van der Waals surface area contributed by atoms with Gasteiger partial charge < -0.3 is 10.2 Å². The van der Waals surface area contributed by atoms with E-state index in [2.05, 4.69) is 10.3 Å². The molecule has 2 heterocycles. The molecule has 122 valence electrons. The molecule has 0 bridgehead atoms. The Morgan fingerprint density at radius 2 is 2.26 bits per heavy atom. The van der Waals surface area contributed by atoms with Gasteiger partial charge in [-0.15, -0.1) is 11.3 Å². The summed E-state index contributed by atoms with van der Waals surface area (Å²) in [6, 6.07) is 5.77. The predicted octanol–water partition coefficient (Wildman–Crippen LogP) is 3.27. The molecule has 6 heteroatoms. The number of aromatic nitrogens is 1. The van der Waals surface area contributed by atoms with Gasteiger partial charge >= 0.3 is 0 Å². The normalized spacial score (nSPS) is 21.4. The molecule has 0 saturated carbocycles. The zero-order chi connectivity index (χ0) is 16.4. The summed E-state index contributed by atoms with van der Waals surface area (Å²) in [6.45, 7) is 5.04. The number of likely N-dealkylation sites (tertiary alicyclic amines) is 1. The molecule has 5 nitrogen and oxygen atoms in total. The number of hydrogen-bond acceptors (Lipinski definition) is 4. The van der Waals surface area contributed by atoms with E-state index in [1.807, 2.05) is 36.9 Å². The number of rotatable bonds is 3. The van der Waals surface area contributed by atoms with E-state index in [0.29, 0.717) is 13.0 Å². The summed E-state index contributed by atoms with van der Waals surface area (Å²) in [5.74, 6) is 0.0910. The highest BCUT2D eigenvalue weighted by Gasteiger charge is 2.39. The summed E-state index contributed by atoms with van der Waals surface area (Å²) in [5.41, 5.74) is 2.91. The molecule has 1 aromatic carbocycles. The summed E-state index contributed by atoms with van der Waals surface area (Å²) in [7, 11) is 0. The van der Waals surface area contributed by atoms with Crippen molar-refractivity contribution in [2.24, 2.45) is 5.41 Å². The van der Waals surface area contributed by atoms with Crippen molar-refractivity contribution in [3.8, 4) is 0 Å². The molecule has 1 aliphatic heterocycles. The number of nitrogens with one attached hydrogen (secondary N) is 1. The number of benzene rings is 1. The van der Waals surface area contributed by atoms with Crippen LogP contribution in [0, 0.1) is 5.41 Å². The number of carbonyl (C=O) groups excluding carboxylic acids is 2. The minimum Gasteiger partial charge on any atom is -0.342 e. The van der Waals surface area contributed by atoms with Crippen LogP contribution in [-0.2, 0) is 9.59 Å². The molecule has 1 aromatic heterocycles. The van der Waals surface area contributed by atoms with Crippen LogP contribution >= 0.6 is 11.3 Å². The van der Waals surface area contributed by atoms with E-state index in [9.17, 15) is 9.59 Å². The highest BCUT2D eigenvalue weighted by Crippen LogP contribution is 2.32. The third kappa shape index (κ3) is 3.22. The van der Waals surface area contributed by atoms with Crippen LogP contribution in [0.2, 0.25) is 0 Å². The number of amides is 2. The number of thiazole rings is 1. The van der Waals surface area contributed by atoms with Gasteiger partial charge in [0, 0.05) is 25.2 Å². The standard InChI is InChI=1S/C17H21N3O2S/c1-3-15(21)20-8-4-7-17(2,10-20)16(22)19-12-5-6-14-13(9-12)18-11-23-14/h5-6,9,11H,3-4,7-8,10H2,1-2H3,(H,19,22). The molecule has 0 aliphatic carbocycles. The molecule has 23 heavy (non-hydrogen) atoms. The van der Waals surface area contributed by atoms with E-state index in [4.69, 9.17) is 0 Å². The van der Waals surface area contributed by atoms with Crippen molar-refractivity contribution in [2.75, 3.05) is 18.4 Å². The molecule has 2 aromatic rings. The third-order valence-electron chi connectivity index (χ3n) is 4.49. The summed E-state index contributed by atoms with van der Waals surface area (Å²) in [4.78, 5) is 30.8. The first-order chi connectivity index (χ1) is 11.0. The monoisotopic (exact) mass is 331 g/mol. The van der Waals surface area contributed by atoms with E-state index < -0.39 is 5.41 Å². The van der Waals surface area contributed by atoms with Crippen LogP contribution < -0.4 is 5.32 Å². The predicted molar refractivity (Wildman–Crippen MR) is 92.5 cm³/mol. The molecule has 1 fully saturated rings. The van der Waals surface area contributed by atoms with Crippen molar-refractivity contribution in [2.45, 2.75) is 33.1 Å². The Morgan fingerprint density at radius 3 is 3.04 bits per heavy atom.